The molecular formula is C20H18FN3OS. The molecule has 0 radical (unpaired) electrons. The number of aromatic nitrogens is 1. The Morgan fingerprint density at radius 2 is 1.96 bits per heavy atom. The van der Waals surface area contributed by atoms with Gasteiger partial charge in [-0.3, -0.25) is 4.79 Å². The fourth-order valence-electron chi connectivity index (χ4n) is 3.04. The summed E-state index contributed by atoms with van der Waals surface area (Å²) < 4.78 is 13.1. The molecule has 0 atom stereocenters. The van der Waals surface area contributed by atoms with Crippen LogP contribution in [0.2, 0.25) is 0 Å². The van der Waals surface area contributed by atoms with Crippen LogP contribution in [0.3, 0.4) is 0 Å². The average Bonchev–Trinajstić information content (AvgIpc) is 3.26. The summed E-state index contributed by atoms with van der Waals surface area (Å²) in [6.07, 6.45) is 0. The second kappa shape index (κ2) is 6.97. The summed E-state index contributed by atoms with van der Waals surface area (Å²) in [5.41, 5.74) is 5.20. The minimum atomic E-state index is -0.287. The number of rotatable bonds is 4. The highest BCUT2D eigenvalue weighted by Crippen LogP contribution is 2.28. The van der Waals surface area contributed by atoms with Gasteiger partial charge in [-0.1, -0.05) is 18.2 Å². The average molecular weight is 367 g/mol. The molecule has 0 aliphatic carbocycles. The van der Waals surface area contributed by atoms with Crippen molar-refractivity contribution in [2.45, 2.75) is 26.6 Å². The Morgan fingerprint density at radius 3 is 2.77 bits per heavy atom. The van der Waals surface area contributed by atoms with Crippen LogP contribution in [0.15, 0.2) is 42.5 Å². The third kappa shape index (κ3) is 3.38. The maximum absolute atomic E-state index is 13.1. The molecule has 2 heterocycles. The van der Waals surface area contributed by atoms with E-state index < -0.39 is 0 Å². The quantitative estimate of drug-likeness (QED) is 0.738. The Bertz CT molecular complexity index is 966. The fourth-order valence-corrected chi connectivity index (χ4v) is 4.03. The van der Waals surface area contributed by atoms with Crippen molar-refractivity contribution in [1.82, 2.24) is 15.6 Å². The van der Waals surface area contributed by atoms with E-state index in [1.165, 1.54) is 34.6 Å². The van der Waals surface area contributed by atoms with Gasteiger partial charge in [-0.15, -0.1) is 11.3 Å². The third-order valence-electron chi connectivity index (χ3n) is 4.45. The normalized spacial score (nSPS) is 12.8. The molecule has 132 valence electrons. The van der Waals surface area contributed by atoms with E-state index in [0.717, 1.165) is 29.2 Å². The van der Waals surface area contributed by atoms with Crippen molar-refractivity contribution in [3.8, 4) is 10.6 Å². The van der Waals surface area contributed by atoms with E-state index in [-0.39, 0.29) is 11.7 Å². The van der Waals surface area contributed by atoms with E-state index >= 15 is 0 Å². The van der Waals surface area contributed by atoms with Gasteiger partial charge >= 0.3 is 0 Å². The van der Waals surface area contributed by atoms with Crippen LogP contribution in [0.4, 0.5) is 4.39 Å². The third-order valence-corrected chi connectivity index (χ3v) is 5.65. The largest absolute Gasteiger partial charge is 0.347 e. The second-order valence-corrected chi connectivity index (χ2v) is 7.33. The molecule has 2 N–H and O–H groups in total. The van der Waals surface area contributed by atoms with Crippen molar-refractivity contribution < 1.29 is 9.18 Å². The van der Waals surface area contributed by atoms with E-state index in [1.807, 2.05) is 6.92 Å². The lowest BCUT2D eigenvalue weighted by Crippen LogP contribution is -2.22. The van der Waals surface area contributed by atoms with Gasteiger partial charge < -0.3 is 10.6 Å². The van der Waals surface area contributed by atoms with Crippen LogP contribution < -0.4 is 10.6 Å². The first-order valence-electron chi connectivity index (χ1n) is 8.43. The minimum absolute atomic E-state index is 0.132. The molecule has 3 aromatic rings. The van der Waals surface area contributed by atoms with Crippen molar-refractivity contribution in [2.75, 3.05) is 0 Å². The second-order valence-electron chi connectivity index (χ2n) is 6.33. The van der Waals surface area contributed by atoms with Crippen LogP contribution in [0.1, 0.15) is 32.1 Å². The van der Waals surface area contributed by atoms with Crippen LogP contribution in [0, 0.1) is 12.7 Å². The van der Waals surface area contributed by atoms with Crippen molar-refractivity contribution >= 4 is 17.2 Å². The Balaban J connectivity index is 1.47. The van der Waals surface area contributed by atoms with Crippen molar-refractivity contribution in [3.05, 3.63) is 75.5 Å². The van der Waals surface area contributed by atoms with Gasteiger partial charge in [0.2, 0.25) is 0 Å². The zero-order valence-electron chi connectivity index (χ0n) is 14.3. The molecule has 0 saturated heterocycles. The molecule has 0 saturated carbocycles. The molecule has 4 nitrogen and oxygen atoms in total. The molecule has 0 bridgehead atoms. The maximum atomic E-state index is 13.1. The highest BCUT2D eigenvalue weighted by Gasteiger charge is 2.16. The summed E-state index contributed by atoms with van der Waals surface area (Å²) in [5, 5.41) is 7.01. The number of halogens is 1. The molecule has 26 heavy (non-hydrogen) atoms. The molecule has 6 heteroatoms. The van der Waals surface area contributed by atoms with Gasteiger partial charge in [-0.05, 0) is 47.9 Å². The number of benzene rings is 2. The molecular weight excluding hydrogens is 349 g/mol. The van der Waals surface area contributed by atoms with Crippen LogP contribution in [0.25, 0.3) is 10.6 Å². The van der Waals surface area contributed by atoms with Crippen LogP contribution in [-0.2, 0) is 19.6 Å². The molecule has 1 amide bonds. The Hall–Kier alpha value is -2.57. The number of fused-ring (bicyclic) bond motifs is 1. The highest BCUT2D eigenvalue weighted by atomic mass is 32.1. The zero-order chi connectivity index (χ0) is 18.1. The molecule has 0 spiro atoms. The Morgan fingerprint density at radius 1 is 1.19 bits per heavy atom. The van der Waals surface area contributed by atoms with Gasteiger partial charge in [0.25, 0.3) is 5.91 Å². The van der Waals surface area contributed by atoms with E-state index in [2.05, 4.69) is 33.8 Å². The highest BCUT2D eigenvalue weighted by molar-refractivity contribution is 7.17. The Labute approximate surface area is 155 Å². The van der Waals surface area contributed by atoms with Crippen LogP contribution >= 0.6 is 11.3 Å². The number of aryl methyl sites for hydroxylation is 1. The zero-order valence-corrected chi connectivity index (χ0v) is 15.1. The summed E-state index contributed by atoms with van der Waals surface area (Å²) >= 11 is 1.33. The number of hydrogen-bond acceptors (Lipinski definition) is 4. The molecule has 2 aromatic carbocycles. The van der Waals surface area contributed by atoms with Gasteiger partial charge in [0, 0.05) is 25.2 Å². The number of thiazole rings is 1. The molecule has 4 rings (SSSR count). The summed E-state index contributed by atoms with van der Waals surface area (Å²) in [6, 6.07) is 12.4. The summed E-state index contributed by atoms with van der Waals surface area (Å²) in [4.78, 5) is 17.6. The standard InChI is InChI=1S/C20H18FN3OS/c1-12-18(26-20(24-12)14-4-6-17(21)7-5-14)19(25)23-9-13-2-3-15-10-22-11-16(15)8-13/h2-8,22H,9-11H2,1H3,(H,23,25). The number of carbonyl (C=O) groups excluding carboxylic acids is 1. The van der Waals surface area contributed by atoms with Crippen molar-refractivity contribution in [1.29, 1.82) is 0 Å². The predicted molar refractivity (Wildman–Crippen MR) is 100 cm³/mol. The molecule has 0 unspecified atom stereocenters. The number of amides is 1. The lowest BCUT2D eigenvalue weighted by atomic mass is 10.1. The number of nitrogens with zero attached hydrogens (tertiary/aromatic N) is 1. The van der Waals surface area contributed by atoms with Crippen LogP contribution in [-0.4, -0.2) is 10.9 Å². The summed E-state index contributed by atoms with van der Waals surface area (Å²) in [7, 11) is 0. The number of nitrogens with one attached hydrogen (secondary N) is 2. The summed E-state index contributed by atoms with van der Waals surface area (Å²) in [6.45, 7) is 4.09. The van der Waals surface area contributed by atoms with Gasteiger partial charge in [-0.2, -0.15) is 0 Å². The first-order valence-corrected chi connectivity index (χ1v) is 9.25. The fraction of sp³-hybridized carbons (Fsp3) is 0.200. The van der Waals surface area contributed by atoms with Crippen molar-refractivity contribution in [3.63, 3.8) is 0 Å². The monoisotopic (exact) mass is 367 g/mol. The summed E-state index contributed by atoms with van der Waals surface area (Å²) in [5.74, 6) is -0.420. The topological polar surface area (TPSA) is 54.0 Å². The van der Waals surface area contributed by atoms with E-state index in [0.29, 0.717) is 17.1 Å². The van der Waals surface area contributed by atoms with E-state index in [9.17, 15) is 9.18 Å². The van der Waals surface area contributed by atoms with Gasteiger partial charge in [0.1, 0.15) is 15.7 Å². The first-order chi connectivity index (χ1) is 12.6. The smallest absolute Gasteiger partial charge is 0.263 e. The van der Waals surface area contributed by atoms with E-state index in [4.69, 9.17) is 0 Å². The Kier molecular flexibility index (Phi) is 4.53. The lowest BCUT2D eigenvalue weighted by molar-refractivity contribution is 0.0954. The maximum Gasteiger partial charge on any atom is 0.263 e. The number of carbonyl (C=O) groups is 1. The van der Waals surface area contributed by atoms with Gasteiger partial charge in [-0.25, -0.2) is 9.37 Å². The van der Waals surface area contributed by atoms with Gasteiger partial charge in [0.15, 0.2) is 0 Å². The van der Waals surface area contributed by atoms with Crippen molar-refractivity contribution in [2.24, 2.45) is 0 Å². The van der Waals surface area contributed by atoms with Gasteiger partial charge in [0.05, 0.1) is 5.69 Å². The molecule has 1 aromatic heterocycles. The minimum Gasteiger partial charge on any atom is -0.347 e. The SMILES string of the molecule is Cc1nc(-c2ccc(F)cc2)sc1C(=O)NCc1ccc2c(c1)CNC2. The lowest BCUT2D eigenvalue weighted by Gasteiger charge is -2.06. The van der Waals surface area contributed by atoms with Crippen LogP contribution in [0.5, 0.6) is 0 Å². The predicted octanol–water partition coefficient (Wildman–Crippen LogP) is 3.79. The number of hydrogen-bond donors (Lipinski definition) is 2. The van der Waals surface area contributed by atoms with E-state index in [1.54, 1.807) is 12.1 Å². The molecule has 1 aliphatic heterocycles. The molecule has 1 aliphatic rings. The first kappa shape index (κ1) is 16.9. The molecule has 0 fully saturated rings.